The molecular weight excluding hydrogens is 336 g/mol. The Labute approximate surface area is 148 Å². The van der Waals surface area contributed by atoms with Gasteiger partial charge in [-0.15, -0.1) is 0 Å². The maximum atomic E-state index is 12.7. The molecule has 3 rings (SSSR count). The molecule has 0 unspecified atom stereocenters. The average molecular weight is 358 g/mol. The van der Waals surface area contributed by atoms with Gasteiger partial charge in [-0.1, -0.05) is 42.0 Å². The second kappa shape index (κ2) is 6.98. The quantitative estimate of drug-likeness (QED) is 0.912. The fourth-order valence-electron chi connectivity index (χ4n) is 3.03. The van der Waals surface area contributed by atoms with Gasteiger partial charge in [-0.05, 0) is 43.5 Å². The van der Waals surface area contributed by atoms with Gasteiger partial charge in [-0.3, -0.25) is 4.79 Å². The summed E-state index contributed by atoms with van der Waals surface area (Å²) in [7, 11) is -3.72. The minimum atomic E-state index is -3.72. The summed E-state index contributed by atoms with van der Waals surface area (Å²) in [4.78, 5) is 14.6. The molecule has 0 aliphatic carbocycles. The highest BCUT2D eigenvalue weighted by atomic mass is 32.2. The van der Waals surface area contributed by atoms with Gasteiger partial charge in [-0.25, -0.2) is 8.42 Å². The molecule has 0 fully saturated rings. The van der Waals surface area contributed by atoms with E-state index in [1.807, 2.05) is 25.1 Å². The van der Waals surface area contributed by atoms with Gasteiger partial charge in [0.05, 0.1) is 10.9 Å². The third-order valence-corrected chi connectivity index (χ3v) is 6.03. The molecule has 25 heavy (non-hydrogen) atoms. The van der Waals surface area contributed by atoms with Gasteiger partial charge in [-0.2, -0.15) is 4.72 Å². The zero-order valence-electron chi connectivity index (χ0n) is 14.4. The van der Waals surface area contributed by atoms with Crippen LogP contribution in [0.25, 0.3) is 0 Å². The van der Waals surface area contributed by atoms with Crippen LogP contribution in [0, 0.1) is 6.92 Å². The van der Waals surface area contributed by atoms with Crippen LogP contribution in [0.1, 0.15) is 23.6 Å². The summed E-state index contributed by atoms with van der Waals surface area (Å²) in [6.45, 7) is 4.61. The number of benzene rings is 2. The standard InChI is InChI=1S/C19H22N2O3S/c1-14-7-9-18(10-8-14)25(23,24)20-15(2)19(22)21-12-11-16-5-3-4-6-17(16)13-21/h3-10,15,20H,11-13H2,1-2H3/t15-/m0/s1. The number of nitrogens with zero attached hydrogens (tertiary/aromatic N) is 1. The van der Waals surface area contributed by atoms with E-state index in [-0.39, 0.29) is 10.8 Å². The van der Waals surface area contributed by atoms with E-state index < -0.39 is 16.1 Å². The summed E-state index contributed by atoms with van der Waals surface area (Å²) in [5, 5.41) is 0. The molecule has 132 valence electrons. The van der Waals surface area contributed by atoms with Crippen molar-refractivity contribution in [3.05, 3.63) is 65.2 Å². The number of hydrogen-bond acceptors (Lipinski definition) is 3. The molecule has 1 heterocycles. The van der Waals surface area contributed by atoms with Crippen LogP contribution in [-0.2, 0) is 27.8 Å². The van der Waals surface area contributed by atoms with Gasteiger partial charge >= 0.3 is 0 Å². The van der Waals surface area contributed by atoms with Gasteiger partial charge in [0.1, 0.15) is 0 Å². The van der Waals surface area contributed by atoms with Crippen LogP contribution in [0.5, 0.6) is 0 Å². The van der Waals surface area contributed by atoms with Crippen LogP contribution in [0.15, 0.2) is 53.4 Å². The molecule has 1 aliphatic heterocycles. The Morgan fingerprint density at radius 3 is 2.40 bits per heavy atom. The third kappa shape index (κ3) is 3.91. The van der Waals surface area contributed by atoms with Crippen LogP contribution in [-0.4, -0.2) is 31.8 Å². The maximum Gasteiger partial charge on any atom is 0.241 e. The fraction of sp³-hybridized carbons (Fsp3) is 0.316. The lowest BCUT2D eigenvalue weighted by molar-refractivity contribution is -0.133. The van der Waals surface area contributed by atoms with E-state index in [0.29, 0.717) is 13.1 Å². The number of hydrogen-bond donors (Lipinski definition) is 1. The smallest absolute Gasteiger partial charge is 0.241 e. The lowest BCUT2D eigenvalue weighted by Crippen LogP contribution is -2.48. The van der Waals surface area contributed by atoms with Crippen molar-refractivity contribution in [3.63, 3.8) is 0 Å². The van der Waals surface area contributed by atoms with Crippen molar-refractivity contribution >= 4 is 15.9 Å². The molecule has 0 saturated carbocycles. The lowest BCUT2D eigenvalue weighted by Gasteiger charge is -2.31. The van der Waals surface area contributed by atoms with E-state index in [1.54, 1.807) is 36.1 Å². The summed E-state index contributed by atoms with van der Waals surface area (Å²) in [5.74, 6) is -0.204. The number of rotatable bonds is 4. The van der Waals surface area contributed by atoms with E-state index in [0.717, 1.165) is 17.5 Å². The molecule has 0 saturated heterocycles. The molecule has 1 N–H and O–H groups in total. The lowest BCUT2D eigenvalue weighted by atomic mass is 9.99. The normalized spacial score (nSPS) is 15.5. The number of carbonyl (C=O) groups excluding carboxylic acids is 1. The highest BCUT2D eigenvalue weighted by Gasteiger charge is 2.28. The van der Waals surface area contributed by atoms with E-state index in [9.17, 15) is 13.2 Å². The molecule has 6 heteroatoms. The first-order valence-electron chi connectivity index (χ1n) is 8.31. The predicted octanol–water partition coefficient (Wildman–Crippen LogP) is 2.25. The van der Waals surface area contributed by atoms with Gasteiger partial charge in [0.2, 0.25) is 15.9 Å². The summed E-state index contributed by atoms with van der Waals surface area (Å²) in [6.07, 6.45) is 0.791. The van der Waals surface area contributed by atoms with Gasteiger partial charge < -0.3 is 4.90 Å². The fourth-order valence-corrected chi connectivity index (χ4v) is 4.22. The highest BCUT2D eigenvalue weighted by Crippen LogP contribution is 2.19. The van der Waals surface area contributed by atoms with E-state index >= 15 is 0 Å². The number of amides is 1. The Morgan fingerprint density at radius 1 is 1.08 bits per heavy atom. The number of aryl methyl sites for hydroxylation is 1. The first kappa shape index (κ1) is 17.6. The second-order valence-corrected chi connectivity index (χ2v) is 8.15. The summed E-state index contributed by atoms with van der Waals surface area (Å²) in [6, 6.07) is 13.8. The second-order valence-electron chi connectivity index (χ2n) is 6.43. The first-order valence-corrected chi connectivity index (χ1v) is 9.80. The molecule has 2 aromatic rings. The van der Waals surface area contributed by atoms with Crippen molar-refractivity contribution in [2.45, 2.75) is 37.8 Å². The zero-order chi connectivity index (χ0) is 18.0. The number of nitrogens with one attached hydrogen (secondary N) is 1. The molecule has 0 radical (unpaired) electrons. The Hall–Kier alpha value is -2.18. The van der Waals surface area contributed by atoms with Crippen LogP contribution in [0.4, 0.5) is 0 Å². The Kier molecular flexibility index (Phi) is 4.92. The molecule has 0 aromatic heterocycles. The molecule has 5 nitrogen and oxygen atoms in total. The highest BCUT2D eigenvalue weighted by molar-refractivity contribution is 7.89. The van der Waals surface area contributed by atoms with Crippen molar-refractivity contribution in [1.29, 1.82) is 0 Å². The van der Waals surface area contributed by atoms with Gasteiger partial charge in [0.25, 0.3) is 0 Å². The molecule has 1 aliphatic rings. The van der Waals surface area contributed by atoms with Crippen molar-refractivity contribution < 1.29 is 13.2 Å². The van der Waals surface area contributed by atoms with Crippen LogP contribution in [0.3, 0.4) is 0 Å². The Morgan fingerprint density at radius 2 is 1.72 bits per heavy atom. The van der Waals surface area contributed by atoms with Crippen LogP contribution in [0.2, 0.25) is 0 Å². The minimum Gasteiger partial charge on any atom is -0.337 e. The third-order valence-electron chi connectivity index (χ3n) is 4.48. The van der Waals surface area contributed by atoms with Crippen molar-refractivity contribution in [2.75, 3.05) is 6.54 Å². The molecule has 1 atom stereocenters. The van der Waals surface area contributed by atoms with Crippen molar-refractivity contribution in [1.82, 2.24) is 9.62 Å². The minimum absolute atomic E-state index is 0.168. The zero-order valence-corrected chi connectivity index (χ0v) is 15.2. The van der Waals surface area contributed by atoms with Crippen LogP contribution < -0.4 is 4.72 Å². The van der Waals surface area contributed by atoms with E-state index in [2.05, 4.69) is 10.8 Å². The molecule has 2 aromatic carbocycles. The van der Waals surface area contributed by atoms with E-state index in [1.165, 1.54) is 5.56 Å². The Balaban J connectivity index is 1.70. The van der Waals surface area contributed by atoms with Crippen LogP contribution >= 0.6 is 0 Å². The topological polar surface area (TPSA) is 66.5 Å². The summed E-state index contributed by atoms with van der Waals surface area (Å²) < 4.78 is 27.4. The van der Waals surface area contributed by atoms with E-state index in [4.69, 9.17) is 0 Å². The van der Waals surface area contributed by atoms with Crippen molar-refractivity contribution in [3.8, 4) is 0 Å². The SMILES string of the molecule is Cc1ccc(S(=O)(=O)N[C@@H](C)C(=O)N2CCc3ccccc3C2)cc1. The molecule has 0 spiro atoms. The average Bonchev–Trinajstić information content (AvgIpc) is 2.60. The first-order chi connectivity index (χ1) is 11.9. The largest absolute Gasteiger partial charge is 0.337 e. The Bertz CT molecular complexity index is 876. The molecule has 0 bridgehead atoms. The predicted molar refractivity (Wildman–Crippen MR) is 96.5 cm³/mol. The number of sulfonamides is 1. The number of carbonyl (C=O) groups is 1. The monoisotopic (exact) mass is 358 g/mol. The summed E-state index contributed by atoms with van der Waals surface area (Å²) in [5.41, 5.74) is 3.35. The maximum absolute atomic E-state index is 12.7. The van der Waals surface area contributed by atoms with Gasteiger partial charge in [0, 0.05) is 13.1 Å². The van der Waals surface area contributed by atoms with Gasteiger partial charge in [0.15, 0.2) is 0 Å². The van der Waals surface area contributed by atoms with Crippen molar-refractivity contribution in [2.24, 2.45) is 0 Å². The number of fused-ring (bicyclic) bond motifs is 1. The summed E-state index contributed by atoms with van der Waals surface area (Å²) >= 11 is 0. The molecule has 1 amide bonds. The molecular formula is C19H22N2O3S.